The molecule has 2 unspecified atom stereocenters. The highest BCUT2D eigenvalue weighted by Gasteiger charge is 2.35. The number of esters is 2. The largest absolute Gasteiger partial charge is 0.425 e. The van der Waals surface area contributed by atoms with Crippen LogP contribution in [0.2, 0.25) is 0 Å². The Bertz CT molecular complexity index is 356. The highest BCUT2D eigenvalue weighted by molar-refractivity contribution is 5.76. The van der Waals surface area contributed by atoms with Gasteiger partial charge in [0.1, 0.15) is 0 Å². The van der Waals surface area contributed by atoms with E-state index in [2.05, 4.69) is 0 Å². The van der Waals surface area contributed by atoms with Gasteiger partial charge in [-0.15, -0.1) is 0 Å². The zero-order valence-corrected chi connectivity index (χ0v) is 10.4. The van der Waals surface area contributed by atoms with Crippen LogP contribution in [0.3, 0.4) is 0 Å². The Morgan fingerprint density at radius 2 is 2.29 bits per heavy atom. The van der Waals surface area contributed by atoms with Crippen LogP contribution in [0.1, 0.15) is 40.0 Å². The van der Waals surface area contributed by atoms with Crippen molar-refractivity contribution in [1.82, 2.24) is 0 Å². The number of rotatable bonds is 3. The van der Waals surface area contributed by atoms with E-state index in [1.807, 2.05) is 13.0 Å². The Labute approximate surface area is 101 Å². The molecule has 0 saturated carbocycles. The van der Waals surface area contributed by atoms with Crippen molar-refractivity contribution in [3.8, 4) is 6.07 Å². The second-order valence-corrected chi connectivity index (χ2v) is 4.83. The average molecular weight is 239 g/mol. The second kappa shape index (κ2) is 5.17. The van der Waals surface area contributed by atoms with Crippen LogP contribution in [-0.2, 0) is 19.1 Å². The maximum Gasteiger partial charge on any atom is 0.314 e. The molecule has 5 heteroatoms. The Morgan fingerprint density at radius 3 is 2.82 bits per heavy atom. The summed E-state index contributed by atoms with van der Waals surface area (Å²) in [6.45, 7) is 5.41. The van der Waals surface area contributed by atoms with Crippen molar-refractivity contribution in [2.45, 2.75) is 46.3 Å². The Morgan fingerprint density at radius 1 is 1.65 bits per heavy atom. The summed E-state index contributed by atoms with van der Waals surface area (Å²) in [4.78, 5) is 22.9. The second-order valence-electron chi connectivity index (χ2n) is 4.83. The van der Waals surface area contributed by atoms with Gasteiger partial charge in [0, 0.05) is 6.42 Å². The first-order valence-corrected chi connectivity index (χ1v) is 5.69. The van der Waals surface area contributed by atoms with E-state index >= 15 is 0 Å². The maximum atomic E-state index is 11.8. The van der Waals surface area contributed by atoms with Crippen molar-refractivity contribution < 1.29 is 19.1 Å². The standard InChI is InChI=1S/C12H17NO4/c1-4-12(2,3)11(15)17-10-6-8(7-13)5-9(14)16-10/h8,10H,4-6H2,1-3H3. The normalized spacial score (nSPS) is 24.7. The van der Waals surface area contributed by atoms with Gasteiger partial charge in [0.05, 0.1) is 23.8 Å². The van der Waals surface area contributed by atoms with E-state index in [0.29, 0.717) is 6.42 Å². The van der Waals surface area contributed by atoms with E-state index in [1.165, 1.54) is 0 Å². The smallest absolute Gasteiger partial charge is 0.314 e. The van der Waals surface area contributed by atoms with E-state index in [-0.39, 0.29) is 12.8 Å². The number of nitriles is 1. The van der Waals surface area contributed by atoms with Crippen molar-refractivity contribution in [1.29, 1.82) is 5.26 Å². The van der Waals surface area contributed by atoms with Gasteiger partial charge in [-0.3, -0.25) is 9.59 Å². The molecule has 0 aliphatic carbocycles. The van der Waals surface area contributed by atoms with Crippen LogP contribution in [0.4, 0.5) is 0 Å². The lowest BCUT2D eigenvalue weighted by molar-refractivity contribution is -0.203. The predicted molar refractivity (Wildman–Crippen MR) is 58.4 cm³/mol. The minimum atomic E-state index is -0.917. The fraction of sp³-hybridized carbons (Fsp3) is 0.750. The number of carbonyl (C=O) groups is 2. The van der Waals surface area contributed by atoms with E-state index < -0.39 is 29.6 Å². The number of carbonyl (C=O) groups excluding carboxylic acids is 2. The molecule has 1 aliphatic heterocycles. The van der Waals surface area contributed by atoms with Gasteiger partial charge in [0.25, 0.3) is 0 Å². The molecule has 0 aromatic carbocycles. The summed E-state index contributed by atoms with van der Waals surface area (Å²) >= 11 is 0. The minimum absolute atomic E-state index is 0.0712. The quantitative estimate of drug-likeness (QED) is 0.701. The molecule has 0 bridgehead atoms. The molecule has 0 amide bonds. The lowest BCUT2D eigenvalue weighted by atomic mass is 9.90. The first-order chi connectivity index (χ1) is 7.89. The van der Waals surface area contributed by atoms with Gasteiger partial charge in [0.2, 0.25) is 6.29 Å². The highest BCUT2D eigenvalue weighted by atomic mass is 16.7. The van der Waals surface area contributed by atoms with Crippen molar-refractivity contribution in [2.75, 3.05) is 0 Å². The SMILES string of the molecule is CCC(C)(C)C(=O)OC1CC(C#N)CC(=O)O1. The molecule has 1 saturated heterocycles. The molecule has 0 aromatic heterocycles. The summed E-state index contributed by atoms with van der Waals surface area (Å²) in [6, 6.07) is 2.00. The Hall–Kier alpha value is -1.57. The third-order valence-corrected chi connectivity index (χ3v) is 3.01. The number of ether oxygens (including phenoxy) is 2. The first-order valence-electron chi connectivity index (χ1n) is 5.69. The Kier molecular flexibility index (Phi) is 4.11. The number of nitrogens with zero attached hydrogens (tertiary/aromatic N) is 1. The lowest BCUT2D eigenvalue weighted by Crippen LogP contribution is -2.36. The van der Waals surface area contributed by atoms with Gasteiger partial charge in [-0.25, -0.2) is 0 Å². The zero-order valence-electron chi connectivity index (χ0n) is 10.4. The van der Waals surface area contributed by atoms with Crippen LogP contribution in [0.15, 0.2) is 0 Å². The maximum absolute atomic E-state index is 11.8. The van der Waals surface area contributed by atoms with Gasteiger partial charge < -0.3 is 9.47 Å². The summed E-state index contributed by atoms with van der Waals surface area (Å²) in [6.07, 6.45) is 0.0446. The molecule has 0 N–H and O–H groups in total. The van der Waals surface area contributed by atoms with Crippen LogP contribution >= 0.6 is 0 Å². The van der Waals surface area contributed by atoms with Gasteiger partial charge in [-0.2, -0.15) is 5.26 Å². The third-order valence-electron chi connectivity index (χ3n) is 3.01. The molecule has 0 spiro atoms. The summed E-state index contributed by atoms with van der Waals surface area (Å²) in [5.41, 5.74) is -0.605. The van der Waals surface area contributed by atoms with Gasteiger partial charge in [-0.05, 0) is 20.3 Å². The summed E-state index contributed by atoms with van der Waals surface area (Å²) in [5.74, 6) is -1.33. The summed E-state index contributed by atoms with van der Waals surface area (Å²) in [5, 5.41) is 8.77. The average Bonchev–Trinajstić information content (AvgIpc) is 2.28. The number of cyclic esters (lactones) is 1. The molecular weight excluding hydrogens is 222 g/mol. The molecule has 5 nitrogen and oxygen atoms in total. The molecule has 94 valence electrons. The van der Waals surface area contributed by atoms with Crippen LogP contribution < -0.4 is 0 Å². The van der Waals surface area contributed by atoms with Crippen molar-refractivity contribution in [2.24, 2.45) is 11.3 Å². The van der Waals surface area contributed by atoms with Crippen LogP contribution in [0, 0.1) is 22.7 Å². The minimum Gasteiger partial charge on any atom is -0.425 e. The van der Waals surface area contributed by atoms with E-state index in [1.54, 1.807) is 13.8 Å². The fourth-order valence-corrected chi connectivity index (χ4v) is 1.35. The van der Waals surface area contributed by atoms with E-state index in [9.17, 15) is 9.59 Å². The third kappa shape index (κ3) is 3.45. The molecule has 2 atom stereocenters. The molecule has 17 heavy (non-hydrogen) atoms. The van der Waals surface area contributed by atoms with Crippen molar-refractivity contribution >= 4 is 11.9 Å². The van der Waals surface area contributed by atoms with Gasteiger partial charge in [0.15, 0.2) is 0 Å². The van der Waals surface area contributed by atoms with Crippen molar-refractivity contribution in [3.63, 3.8) is 0 Å². The molecule has 0 aromatic rings. The molecule has 0 radical (unpaired) electrons. The van der Waals surface area contributed by atoms with Crippen LogP contribution in [0.5, 0.6) is 0 Å². The van der Waals surface area contributed by atoms with Gasteiger partial charge in [-0.1, -0.05) is 6.92 Å². The summed E-state index contributed by atoms with van der Waals surface area (Å²) in [7, 11) is 0. The molecule has 1 rings (SSSR count). The molecular formula is C12H17NO4. The summed E-state index contributed by atoms with van der Waals surface area (Å²) < 4.78 is 10.0. The monoisotopic (exact) mass is 239 g/mol. The molecule has 1 aliphatic rings. The first kappa shape index (κ1) is 13.5. The van der Waals surface area contributed by atoms with E-state index in [0.717, 1.165) is 0 Å². The van der Waals surface area contributed by atoms with Crippen LogP contribution in [0.25, 0.3) is 0 Å². The fourth-order valence-electron chi connectivity index (χ4n) is 1.35. The Balaban J connectivity index is 2.60. The lowest BCUT2D eigenvalue weighted by Gasteiger charge is -2.28. The highest BCUT2D eigenvalue weighted by Crippen LogP contribution is 2.26. The molecule has 1 fully saturated rings. The number of hydrogen-bond donors (Lipinski definition) is 0. The number of hydrogen-bond acceptors (Lipinski definition) is 5. The predicted octanol–water partition coefficient (Wildman–Crippen LogP) is 1.77. The zero-order chi connectivity index (χ0) is 13.1. The topological polar surface area (TPSA) is 76.4 Å². The molecule has 1 heterocycles. The van der Waals surface area contributed by atoms with Crippen molar-refractivity contribution in [3.05, 3.63) is 0 Å². The van der Waals surface area contributed by atoms with Gasteiger partial charge >= 0.3 is 11.9 Å². The van der Waals surface area contributed by atoms with E-state index in [4.69, 9.17) is 14.7 Å². The van der Waals surface area contributed by atoms with Crippen LogP contribution in [-0.4, -0.2) is 18.2 Å².